The normalized spacial score (nSPS) is 17.7. The third-order valence-corrected chi connectivity index (χ3v) is 12.6. The summed E-state index contributed by atoms with van der Waals surface area (Å²) in [5.74, 6) is -3.25. The molecule has 4 rings (SSSR count). The van der Waals surface area contributed by atoms with Gasteiger partial charge in [-0.15, -0.1) is 11.3 Å². The highest BCUT2D eigenvalue weighted by Gasteiger charge is 2.39. The van der Waals surface area contributed by atoms with Crippen molar-refractivity contribution in [1.29, 1.82) is 0 Å². The van der Waals surface area contributed by atoms with Crippen molar-refractivity contribution in [3.63, 3.8) is 0 Å². The minimum atomic E-state index is -0.943. The number of rotatable bonds is 21. The Morgan fingerprint density at radius 1 is 0.983 bits per heavy atom. The van der Waals surface area contributed by atoms with Crippen LogP contribution in [0.1, 0.15) is 125 Å². The molecular weight excluding hydrogens is 753 g/mol. The third kappa shape index (κ3) is 13.3. The summed E-state index contributed by atoms with van der Waals surface area (Å²) in [6, 6.07) is 16.6. The number of esters is 1. The van der Waals surface area contributed by atoms with Crippen molar-refractivity contribution >= 4 is 40.9 Å². The first-order valence-electron chi connectivity index (χ1n) is 20.9. The van der Waals surface area contributed by atoms with Gasteiger partial charge in [0, 0.05) is 49.7 Å². The summed E-state index contributed by atoms with van der Waals surface area (Å²) in [5, 5.41) is 14.7. The van der Waals surface area contributed by atoms with Crippen LogP contribution in [-0.4, -0.2) is 81.1 Å². The van der Waals surface area contributed by atoms with E-state index in [0.717, 1.165) is 48.9 Å². The van der Waals surface area contributed by atoms with E-state index < -0.39 is 47.9 Å². The summed E-state index contributed by atoms with van der Waals surface area (Å²) >= 11 is 1.20. The molecule has 2 N–H and O–H groups in total. The van der Waals surface area contributed by atoms with Gasteiger partial charge in [-0.3, -0.25) is 28.9 Å². The average molecular weight is 817 g/mol. The van der Waals surface area contributed by atoms with Crippen LogP contribution in [0.3, 0.4) is 0 Å². The third-order valence-electron chi connectivity index (χ3n) is 11.7. The number of hydrogen-bond acceptors (Lipinski definition) is 9. The van der Waals surface area contributed by atoms with E-state index in [1.165, 1.54) is 18.3 Å². The first-order chi connectivity index (χ1) is 27.6. The van der Waals surface area contributed by atoms with Crippen LogP contribution in [0.4, 0.5) is 0 Å². The maximum atomic E-state index is 15.0. The highest BCUT2D eigenvalue weighted by atomic mass is 32.1. The summed E-state index contributed by atoms with van der Waals surface area (Å²) < 4.78 is 5.94. The predicted molar refractivity (Wildman–Crippen MR) is 227 cm³/mol. The quantitative estimate of drug-likeness (QED) is 0.102. The van der Waals surface area contributed by atoms with Crippen LogP contribution in [0.25, 0.3) is 0 Å². The maximum absolute atomic E-state index is 15.0. The zero-order valence-corrected chi connectivity index (χ0v) is 36.4. The number of aliphatic carboxylic acids is 1. The molecule has 0 bridgehead atoms. The molecule has 316 valence electrons. The van der Waals surface area contributed by atoms with E-state index in [9.17, 15) is 24.3 Å². The molecule has 3 unspecified atom stereocenters. The number of hydrogen-bond donors (Lipinski definition) is 2. The number of ketones is 1. The Bertz CT molecular complexity index is 1810. The van der Waals surface area contributed by atoms with E-state index in [0.29, 0.717) is 18.0 Å². The minimum absolute atomic E-state index is 0.0472. The second-order valence-electron chi connectivity index (χ2n) is 16.7. The van der Waals surface area contributed by atoms with E-state index in [1.54, 1.807) is 12.3 Å². The molecule has 1 aromatic heterocycles. The molecule has 11 nitrogen and oxygen atoms in total. The number of nitrogens with zero attached hydrogens (tertiary/aromatic N) is 3. The van der Waals surface area contributed by atoms with Crippen molar-refractivity contribution in [3.8, 4) is 0 Å². The molecule has 0 aliphatic carbocycles. The number of likely N-dealkylation sites (tertiary alicyclic amines) is 1. The maximum Gasteiger partial charge on any atom is 0.306 e. The van der Waals surface area contributed by atoms with Gasteiger partial charge in [0.15, 0.2) is 11.9 Å². The molecule has 2 aromatic carbocycles. The van der Waals surface area contributed by atoms with Crippen molar-refractivity contribution in [2.24, 2.45) is 23.7 Å². The van der Waals surface area contributed by atoms with Crippen molar-refractivity contribution in [1.82, 2.24) is 20.1 Å². The van der Waals surface area contributed by atoms with Crippen LogP contribution in [0.2, 0.25) is 0 Å². The van der Waals surface area contributed by atoms with E-state index >= 15 is 4.79 Å². The fourth-order valence-electron chi connectivity index (χ4n) is 7.91. The van der Waals surface area contributed by atoms with Gasteiger partial charge in [-0.05, 0) is 69.2 Å². The molecule has 7 atom stereocenters. The fourth-order valence-corrected chi connectivity index (χ4v) is 8.75. The predicted octanol–water partition coefficient (Wildman–Crippen LogP) is 8.06. The monoisotopic (exact) mass is 816 g/mol. The van der Waals surface area contributed by atoms with Gasteiger partial charge >= 0.3 is 11.9 Å². The molecule has 12 heteroatoms. The number of aryl methyl sites for hydroxylation is 1. The first kappa shape index (κ1) is 46.3. The molecule has 0 saturated carbocycles. The zero-order chi connectivity index (χ0) is 42.5. The lowest BCUT2D eigenvalue weighted by Gasteiger charge is -2.40. The summed E-state index contributed by atoms with van der Waals surface area (Å²) in [6.07, 6.45) is 3.78. The second-order valence-corrected chi connectivity index (χ2v) is 17.5. The lowest BCUT2D eigenvalue weighted by Crippen LogP contribution is -2.49. The Hall–Kier alpha value is -4.42. The smallest absolute Gasteiger partial charge is 0.306 e. The van der Waals surface area contributed by atoms with Gasteiger partial charge in [0.25, 0.3) is 5.91 Å². The van der Waals surface area contributed by atoms with Crippen molar-refractivity contribution in [3.05, 3.63) is 87.4 Å². The molecule has 1 saturated heterocycles. The molecular formula is C46H64N4O7S. The molecule has 3 aromatic rings. The van der Waals surface area contributed by atoms with Crippen molar-refractivity contribution in [2.45, 2.75) is 131 Å². The number of carboxylic acids is 1. The highest BCUT2D eigenvalue weighted by Crippen LogP contribution is 2.34. The topological polar surface area (TPSA) is 146 Å². The second kappa shape index (κ2) is 22.1. The molecule has 2 amide bonds. The van der Waals surface area contributed by atoms with Crippen molar-refractivity contribution < 1.29 is 33.8 Å². The fraction of sp³-hybridized carbons (Fsp3) is 0.565. The molecule has 0 spiro atoms. The number of thiazole rings is 1. The van der Waals surface area contributed by atoms with E-state index in [-0.39, 0.29) is 54.5 Å². The number of carboxylic acid groups (broad SMARTS) is 1. The Kier molecular flexibility index (Phi) is 17.6. The Balaban J connectivity index is 1.64. The van der Waals surface area contributed by atoms with Gasteiger partial charge in [-0.1, -0.05) is 108 Å². The van der Waals surface area contributed by atoms with Gasteiger partial charge in [0.2, 0.25) is 5.91 Å². The first-order valence-corrected chi connectivity index (χ1v) is 21.7. The largest absolute Gasteiger partial charge is 0.481 e. The lowest BCUT2D eigenvalue weighted by atomic mass is 9.82. The highest BCUT2D eigenvalue weighted by molar-refractivity contribution is 7.09. The van der Waals surface area contributed by atoms with Crippen LogP contribution in [-0.2, 0) is 36.9 Å². The number of likely N-dealkylation sites (N-methyl/N-ethyl adjacent to an activating group) is 1. The number of ether oxygens (including phenoxy) is 1. The lowest BCUT2D eigenvalue weighted by molar-refractivity contribution is -0.150. The van der Waals surface area contributed by atoms with E-state index in [1.807, 2.05) is 101 Å². The van der Waals surface area contributed by atoms with Crippen LogP contribution in [0.5, 0.6) is 0 Å². The Morgan fingerprint density at radius 2 is 1.67 bits per heavy atom. The number of piperidine rings is 1. The number of benzene rings is 2. The molecule has 0 radical (unpaired) electrons. The Labute approximate surface area is 348 Å². The molecule has 58 heavy (non-hydrogen) atoms. The Morgan fingerprint density at radius 3 is 2.28 bits per heavy atom. The molecule has 1 aliphatic rings. The van der Waals surface area contributed by atoms with Crippen LogP contribution < -0.4 is 5.32 Å². The van der Waals surface area contributed by atoms with Gasteiger partial charge in [0.05, 0.1) is 12.0 Å². The molecule has 2 heterocycles. The average Bonchev–Trinajstić information content (AvgIpc) is 3.69. The van der Waals surface area contributed by atoms with E-state index in [4.69, 9.17) is 4.74 Å². The summed E-state index contributed by atoms with van der Waals surface area (Å²) in [7, 11) is 1.99. The standard InChI is InChI=1S/C46H64N4O7S/c1-9-31(5)37(25-41(52)39-17-13-14-22-49(39)8)45(54)50(27-35-15-11-10-12-16-35)40(29(2)3)26-42(57-33(7)51)44-48-38(28-58-44)43(53)47-36(23-32(6)46(55)56)24-34-20-18-30(4)19-21-34/h10-12,15-16,18-21,28-29,31-32,36-37,39-40,42H,9,13-14,17,22-27H2,1-8H3,(H,47,53)(H,55,56)/t31?,32-,36+,37?,39?,40+,42+/m0/s1. The van der Waals surface area contributed by atoms with Crippen LogP contribution >= 0.6 is 11.3 Å². The number of nitrogens with one attached hydrogen (secondary N) is 1. The van der Waals surface area contributed by atoms with E-state index in [2.05, 4.69) is 15.2 Å². The van der Waals surface area contributed by atoms with Crippen LogP contribution in [0, 0.1) is 30.6 Å². The molecule has 1 fully saturated rings. The number of Topliss-reactive ketones (excluding diaryl/α,β-unsaturated/α-hetero) is 1. The van der Waals surface area contributed by atoms with Gasteiger partial charge in [-0.2, -0.15) is 0 Å². The van der Waals surface area contributed by atoms with Gasteiger partial charge in [-0.25, -0.2) is 4.98 Å². The molecule has 1 aliphatic heterocycles. The summed E-state index contributed by atoms with van der Waals surface area (Å²) in [4.78, 5) is 75.8. The summed E-state index contributed by atoms with van der Waals surface area (Å²) in [6.45, 7) is 14.3. The number of carbonyl (C=O) groups is 5. The number of amides is 2. The van der Waals surface area contributed by atoms with Gasteiger partial charge in [0.1, 0.15) is 10.7 Å². The minimum Gasteiger partial charge on any atom is -0.481 e. The zero-order valence-electron chi connectivity index (χ0n) is 35.6. The van der Waals surface area contributed by atoms with Crippen molar-refractivity contribution in [2.75, 3.05) is 13.6 Å². The number of carbonyl (C=O) groups excluding carboxylic acids is 4. The van der Waals surface area contributed by atoms with Crippen LogP contribution in [0.15, 0.2) is 60.0 Å². The number of aromatic nitrogens is 1. The van der Waals surface area contributed by atoms with Gasteiger partial charge < -0.3 is 20.1 Å². The summed E-state index contributed by atoms with van der Waals surface area (Å²) in [5.41, 5.74) is 3.15. The SMILES string of the molecule is CCC(C)C(CC(=O)C1CCCCN1C)C(=O)N(Cc1ccccc1)[C@H](C[C@@H](OC(C)=O)c1nc(C(=O)N[C@@H](Cc2ccc(C)cc2)C[C@H](C)C(=O)O)cs1)C(C)C.